The molecule has 1 aromatic heterocycles. The van der Waals surface area contributed by atoms with Crippen molar-refractivity contribution in [3.63, 3.8) is 0 Å². The molecule has 1 saturated heterocycles. The molecule has 170 valence electrons. The van der Waals surface area contributed by atoms with Crippen LogP contribution in [-0.4, -0.2) is 56.1 Å². The molecule has 4 rings (SSSR count). The van der Waals surface area contributed by atoms with Crippen LogP contribution in [0.1, 0.15) is 24.0 Å². The lowest BCUT2D eigenvalue weighted by molar-refractivity contribution is -0.131. The fraction of sp³-hybridized carbons (Fsp3) is 0.391. The number of amides is 1. The predicted molar refractivity (Wildman–Crippen MR) is 131 cm³/mol. The van der Waals surface area contributed by atoms with E-state index >= 15 is 0 Å². The third kappa shape index (κ3) is 5.08. The van der Waals surface area contributed by atoms with Crippen LogP contribution in [0.3, 0.4) is 0 Å². The molecule has 0 spiro atoms. The monoisotopic (exact) mass is 491 g/mol. The molecule has 0 unspecified atom stereocenters. The average molecular weight is 492 g/mol. The molecular weight excluding hydrogens is 466 g/mol. The first-order chi connectivity index (χ1) is 15.2. The van der Waals surface area contributed by atoms with Gasteiger partial charge < -0.3 is 9.80 Å². The van der Waals surface area contributed by atoms with Crippen LogP contribution in [0, 0.1) is 13.8 Å². The van der Waals surface area contributed by atoms with Gasteiger partial charge in [-0.05, 0) is 61.7 Å². The summed E-state index contributed by atoms with van der Waals surface area (Å²) in [6.07, 6.45) is 0.535. The number of carbonyl (C=O) groups excluding carboxylic acids is 1. The summed E-state index contributed by atoms with van der Waals surface area (Å²) >= 11 is 7.52. The summed E-state index contributed by atoms with van der Waals surface area (Å²) in [5.41, 5.74) is 3.47. The second-order valence-electron chi connectivity index (χ2n) is 8.17. The smallest absolute Gasteiger partial charge is 0.222 e. The van der Waals surface area contributed by atoms with Crippen LogP contribution < -0.4 is 4.90 Å². The third-order valence-corrected chi connectivity index (χ3v) is 8.83. The zero-order valence-electron chi connectivity index (χ0n) is 18.2. The van der Waals surface area contributed by atoms with Crippen LogP contribution in [0.25, 0.3) is 10.2 Å². The number of hydrogen-bond donors (Lipinski definition) is 0. The largest absolute Gasteiger partial charge is 0.345 e. The number of nitrogens with zero attached hydrogens (tertiary/aromatic N) is 3. The number of aromatic nitrogens is 1. The minimum atomic E-state index is -3.41. The van der Waals surface area contributed by atoms with E-state index in [-0.39, 0.29) is 23.0 Å². The molecule has 6 nitrogen and oxygen atoms in total. The molecule has 0 bridgehead atoms. The molecular formula is C23H26ClN3O3S2. The fourth-order valence-corrected chi connectivity index (χ4v) is 6.60. The number of anilines is 1. The van der Waals surface area contributed by atoms with E-state index in [9.17, 15) is 13.2 Å². The summed E-state index contributed by atoms with van der Waals surface area (Å²) < 4.78 is 26.1. The van der Waals surface area contributed by atoms with Crippen LogP contribution in [-0.2, 0) is 14.6 Å². The summed E-state index contributed by atoms with van der Waals surface area (Å²) in [6.45, 7) is 6.88. The van der Waals surface area contributed by atoms with E-state index in [1.807, 2.05) is 4.90 Å². The minimum absolute atomic E-state index is 0.00623. The van der Waals surface area contributed by atoms with E-state index in [0.717, 1.165) is 23.7 Å². The Bertz CT molecular complexity index is 1230. The predicted octanol–water partition coefficient (Wildman–Crippen LogP) is 4.47. The lowest BCUT2D eigenvalue weighted by Crippen LogP contribution is -2.48. The van der Waals surface area contributed by atoms with Gasteiger partial charge >= 0.3 is 0 Å². The molecule has 0 radical (unpaired) electrons. The molecule has 0 atom stereocenters. The molecule has 1 amide bonds. The van der Waals surface area contributed by atoms with Crippen LogP contribution in [0.2, 0.25) is 5.02 Å². The van der Waals surface area contributed by atoms with Crippen molar-refractivity contribution in [1.29, 1.82) is 0 Å². The lowest BCUT2D eigenvalue weighted by Gasteiger charge is -2.34. The summed E-state index contributed by atoms with van der Waals surface area (Å²) in [6, 6.07) is 10.4. The number of carbonyl (C=O) groups is 1. The molecule has 3 aromatic rings. The van der Waals surface area contributed by atoms with Crippen molar-refractivity contribution in [3.05, 3.63) is 52.5 Å². The molecule has 0 aliphatic carbocycles. The maximum absolute atomic E-state index is 12.6. The Balaban J connectivity index is 1.29. The van der Waals surface area contributed by atoms with Gasteiger partial charge in [-0.15, -0.1) is 0 Å². The van der Waals surface area contributed by atoms with E-state index in [4.69, 9.17) is 16.6 Å². The van der Waals surface area contributed by atoms with Gasteiger partial charge in [0, 0.05) is 37.6 Å². The van der Waals surface area contributed by atoms with Gasteiger partial charge in [-0.3, -0.25) is 4.79 Å². The summed E-state index contributed by atoms with van der Waals surface area (Å²) in [4.78, 5) is 21.7. The van der Waals surface area contributed by atoms with Crippen LogP contribution in [0.4, 0.5) is 5.13 Å². The number of hydrogen-bond acceptors (Lipinski definition) is 6. The van der Waals surface area contributed by atoms with Crippen LogP contribution in [0.15, 0.2) is 41.3 Å². The Morgan fingerprint density at radius 2 is 1.78 bits per heavy atom. The van der Waals surface area contributed by atoms with Gasteiger partial charge in [-0.1, -0.05) is 29.0 Å². The standard InChI is InChI=1S/C23H26ClN3O3S2/c1-16-14-17(2)22-20(15-16)31-23(25-22)27-11-9-26(10-12-27)21(28)4-3-13-32(29,30)19-7-5-18(24)6-8-19/h5-8,14-15H,3-4,9-13H2,1-2H3. The number of rotatable bonds is 6. The Morgan fingerprint density at radius 3 is 2.47 bits per heavy atom. The highest BCUT2D eigenvalue weighted by Crippen LogP contribution is 2.32. The SMILES string of the molecule is Cc1cc(C)c2nc(N3CCN(C(=O)CCCS(=O)(=O)c4ccc(Cl)cc4)CC3)sc2c1. The number of aryl methyl sites for hydroxylation is 2. The van der Waals surface area contributed by atoms with Gasteiger partial charge in [-0.25, -0.2) is 13.4 Å². The number of benzene rings is 2. The highest BCUT2D eigenvalue weighted by molar-refractivity contribution is 7.91. The van der Waals surface area contributed by atoms with Gasteiger partial charge in [0.1, 0.15) is 0 Å². The molecule has 1 aliphatic heterocycles. The minimum Gasteiger partial charge on any atom is -0.345 e. The first-order valence-corrected chi connectivity index (χ1v) is 13.5. The number of fused-ring (bicyclic) bond motifs is 1. The average Bonchev–Trinajstić information content (AvgIpc) is 3.18. The van der Waals surface area contributed by atoms with Crippen molar-refractivity contribution >= 4 is 54.0 Å². The van der Waals surface area contributed by atoms with Crippen molar-refractivity contribution in [1.82, 2.24) is 9.88 Å². The molecule has 9 heteroatoms. The molecule has 0 saturated carbocycles. The quantitative estimate of drug-likeness (QED) is 0.508. The molecule has 1 fully saturated rings. The maximum Gasteiger partial charge on any atom is 0.222 e. The summed E-state index contributed by atoms with van der Waals surface area (Å²) in [7, 11) is -3.41. The molecule has 2 aromatic carbocycles. The highest BCUT2D eigenvalue weighted by Gasteiger charge is 2.24. The van der Waals surface area contributed by atoms with E-state index in [0.29, 0.717) is 24.5 Å². The van der Waals surface area contributed by atoms with Gasteiger partial charge in [0.2, 0.25) is 5.91 Å². The fourth-order valence-electron chi connectivity index (χ4n) is 3.97. The summed E-state index contributed by atoms with van der Waals surface area (Å²) in [5.74, 6) is -0.0446. The summed E-state index contributed by atoms with van der Waals surface area (Å²) in [5, 5.41) is 1.49. The lowest BCUT2D eigenvalue weighted by atomic mass is 10.1. The van der Waals surface area contributed by atoms with Crippen molar-refractivity contribution in [2.24, 2.45) is 0 Å². The van der Waals surface area contributed by atoms with Crippen LogP contribution in [0.5, 0.6) is 0 Å². The van der Waals surface area contributed by atoms with Gasteiger partial charge in [0.05, 0.1) is 20.9 Å². The number of piperazine rings is 1. The molecule has 1 aliphatic rings. The number of halogens is 1. The number of thiazole rings is 1. The first kappa shape index (κ1) is 23.0. The molecule has 2 heterocycles. The van der Waals surface area contributed by atoms with E-state index in [1.54, 1.807) is 23.5 Å². The number of sulfone groups is 1. The van der Waals surface area contributed by atoms with E-state index in [1.165, 1.54) is 28.0 Å². The third-order valence-electron chi connectivity index (χ3n) is 5.70. The Morgan fingerprint density at radius 1 is 1.09 bits per heavy atom. The van der Waals surface area contributed by atoms with Gasteiger partial charge in [0.15, 0.2) is 15.0 Å². The zero-order chi connectivity index (χ0) is 22.9. The van der Waals surface area contributed by atoms with E-state index < -0.39 is 9.84 Å². The van der Waals surface area contributed by atoms with Crippen molar-refractivity contribution in [3.8, 4) is 0 Å². The highest BCUT2D eigenvalue weighted by atomic mass is 35.5. The normalized spacial score (nSPS) is 14.8. The molecule has 0 N–H and O–H groups in total. The zero-order valence-corrected chi connectivity index (χ0v) is 20.6. The van der Waals surface area contributed by atoms with Crippen molar-refractivity contribution in [2.45, 2.75) is 31.6 Å². The van der Waals surface area contributed by atoms with Gasteiger partial charge in [-0.2, -0.15) is 0 Å². The Hall–Kier alpha value is -2.16. The Labute approximate surface area is 197 Å². The van der Waals surface area contributed by atoms with Crippen molar-refractivity contribution < 1.29 is 13.2 Å². The topological polar surface area (TPSA) is 70.6 Å². The van der Waals surface area contributed by atoms with Crippen molar-refractivity contribution in [2.75, 3.05) is 36.8 Å². The first-order valence-electron chi connectivity index (χ1n) is 10.6. The Kier molecular flexibility index (Phi) is 6.74. The molecule has 32 heavy (non-hydrogen) atoms. The maximum atomic E-state index is 12.6. The van der Waals surface area contributed by atoms with E-state index in [2.05, 4.69) is 30.9 Å². The van der Waals surface area contributed by atoms with Crippen LogP contribution >= 0.6 is 22.9 Å². The second kappa shape index (κ2) is 9.37. The van der Waals surface area contributed by atoms with Gasteiger partial charge in [0.25, 0.3) is 0 Å². The second-order valence-corrected chi connectivity index (χ2v) is 11.7.